The Morgan fingerprint density at radius 3 is 2.73 bits per heavy atom. The average molecular weight is 350 g/mol. The van der Waals surface area contributed by atoms with Gasteiger partial charge < -0.3 is 9.73 Å². The zero-order chi connectivity index (χ0) is 16.4. The number of hydrogen-bond donors (Lipinski definition) is 1. The number of carbonyl (C=O) groups excluding carboxylic acids is 1. The van der Waals surface area contributed by atoms with E-state index >= 15 is 0 Å². The molecule has 1 fully saturated rings. The molecule has 1 saturated heterocycles. The second-order valence-corrected chi connectivity index (χ2v) is 9.33. The van der Waals surface area contributed by atoms with Gasteiger partial charge in [0.25, 0.3) is 5.91 Å². The van der Waals surface area contributed by atoms with E-state index in [4.69, 9.17) is 4.42 Å². The summed E-state index contributed by atoms with van der Waals surface area (Å²) in [5.74, 6) is -0.499. The van der Waals surface area contributed by atoms with Gasteiger partial charge in [-0.3, -0.25) is 4.79 Å². The first-order valence-corrected chi connectivity index (χ1v) is 10.3. The van der Waals surface area contributed by atoms with Crippen molar-refractivity contribution >= 4 is 25.8 Å². The molecule has 0 bridgehead atoms. The van der Waals surface area contributed by atoms with Crippen LogP contribution in [0.2, 0.25) is 0 Å². The Bertz CT molecular complexity index is 724. The molecule has 124 valence electrons. The van der Waals surface area contributed by atoms with Crippen LogP contribution >= 0.6 is 0 Å². The smallest absolute Gasteiger partial charge is 0.287 e. The van der Waals surface area contributed by atoms with Crippen LogP contribution in [-0.2, 0) is 19.9 Å². The van der Waals surface area contributed by atoms with Gasteiger partial charge in [0.05, 0.1) is 24.0 Å². The molecule has 22 heavy (non-hydrogen) atoms. The Balaban J connectivity index is 1.96. The number of sulfonamides is 1. The number of amides is 1. The molecule has 8 nitrogen and oxygen atoms in total. The zero-order valence-corrected chi connectivity index (χ0v) is 13.7. The molecule has 0 radical (unpaired) electrons. The van der Waals surface area contributed by atoms with Crippen LogP contribution in [0.1, 0.15) is 17.0 Å². The fourth-order valence-corrected chi connectivity index (χ4v) is 5.37. The minimum Gasteiger partial charge on any atom is -0.459 e. The lowest BCUT2D eigenvalue weighted by Gasteiger charge is -2.25. The van der Waals surface area contributed by atoms with Crippen LogP contribution in [0.5, 0.6) is 0 Å². The average Bonchev–Trinajstić information content (AvgIpc) is 3.02. The molecule has 0 saturated carbocycles. The van der Waals surface area contributed by atoms with Crippen molar-refractivity contribution in [1.82, 2.24) is 9.62 Å². The number of nitrogens with zero attached hydrogens (tertiary/aromatic N) is 1. The van der Waals surface area contributed by atoms with Gasteiger partial charge in [-0.25, -0.2) is 16.8 Å². The molecule has 1 amide bonds. The minimum atomic E-state index is -3.56. The van der Waals surface area contributed by atoms with Gasteiger partial charge in [-0.15, -0.1) is 0 Å². The van der Waals surface area contributed by atoms with Gasteiger partial charge in [0.2, 0.25) is 10.0 Å². The van der Waals surface area contributed by atoms with Crippen molar-refractivity contribution in [3.63, 3.8) is 0 Å². The van der Waals surface area contributed by atoms with Gasteiger partial charge in [0, 0.05) is 19.1 Å². The van der Waals surface area contributed by atoms with E-state index in [1.165, 1.54) is 12.3 Å². The lowest BCUT2D eigenvalue weighted by atomic mass is 10.2. The molecule has 1 unspecified atom stereocenters. The molecular formula is C12H18N2O6S2. The summed E-state index contributed by atoms with van der Waals surface area (Å²) < 4.78 is 52.7. The van der Waals surface area contributed by atoms with Crippen LogP contribution in [0.25, 0.3) is 0 Å². The van der Waals surface area contributed by atoms with Crippen LogP contribution < -0.4 is 5.32 Å². The molecule has 2 rings (SSSR count). The van der Waals surface area contributed by atoms with Crippen LogP contribution in [0.15, 0.2) is 22.8 Å². The maximum atomic E-state index is 11.8. The molecule has 2 heterocycles. The van der Waals surface area contributed by atoms with Gasteiger partial charge in [-0.2, -0.15) is 4.31 Å². The molecule has 1 aromatic heterocycles. The van der Waals surface area contributed by atoms with E-state index in [0.717, 1.165) is 10.6 Å². The van der Waals surface area contributed by atoms with Gasteiger partial charge in [0.15, 0.2) is 15.6 Å². The molecule has 1 aliphatic rings. The molecule has 1 aliphatic heterocycles. The van der Waals surface area contributed by atoms with Crippen molar-refractivity contribution in [2.75, 3.05) is 30.9 Å². The van der Waals surface area contributed by atoms with Crippen LogP contribution in [-0.4, -0.2) is 63.9 Å². The minimum absolute atomic E-state index is 0.0115. The third-order valence-electron chi connectivity index (χ3n) is 3.40. The highest BCUT2D eigenvalue weighted by atomic mass is 32.2. The van der Waals surface area contributed by atoms with E-state index in [1.807, 2.05) is 0 Å². The Morgan fingerprint density at radius 1 is 1.50 bits per heavy atom. The van der Waals surface area contributed by atoms with Gasteiger partial charge in [-0.1, -0.05) is 0 Å². The first kappa shape index (κ1) is 17.0. The first-order valence-electron chi connectivity index (χ1n) is 6.68. The summed E-state index contributed by atoms with van der Waals surface area (Å²) in [6.45, 7) is 0.0919. The number of furan rings is 1. The standard InChI is InChI=1S/C12H18N2O6S2/c1-21(16,17)14(10-4-8-22(18,19)9-10)6-5-13-12(15)11-3-2-7-20-11/h2-3,7,10H,4-6,8-9H2,1H3,(H,13,15). The topological polar surface area (TPSA) is 114 Å². The van der Waals surface area contributed by atoms with Crippen LogP contribution in [0, 0.1) is 0 Å². The number of sulfone groups is 1. The summed E-state index contributed by atoms with van der Waals surface area (Å²) >= 11 is 0. The molecule has 10 heteroatoms. The summed E-state index contributed by atoms with van der Waals surface area (Å²) in [4.78, 5) is 11.7. The predicted octanol–water partition coefficient (Wildman–Crippen LogP) is -0.542. The number of rotatable bonds is 6. The zero-order valence-electron chi connectivity index (χ0n) is 12.1. The summed E-state index contributed by atoms with van der Waals surface area (Å²) in [5, 5.41) is 2.54. The van der Waals surface area contributed by atoms with E-state index in [9.17, 15) is 21.6 Å². The summed E-state index contributed by atoms with van der Waals surface area (Å²) in [5.41, 5.74) is 0. The normalized spacial score (nSPS) is 21.1. The highest BCUT2D eigenvalue weighted by molar-refractivity contribution is 7.92. The van der Waals surface area contributed by atoms with E-state index < -0.39 is 31.8 Å². The summed E-state index contributed by atoms with van der Waals surface area (Å²) in [6.07, 6.45) is 2.68. The van der Waals surface area contributed by atoms with Gasteiger partial charge in [-0.05, 0) is 18.6 Å². The quantitative estimate of drug-likeness (QED) is 0.737. The number of nitrogens with one attached hydrogen (secondary N) is 1. The van der Waals surface area contributed by atoms with Gasteiger partial charge >= 0.3 is 0 Å². The fourth-order valence-electron chi connectivity index (χ4n) is 2.40. The summed E-state index contributed by atoms with van der Waals surface area (Å²) in [6, 6.07) is 2.49. The Morgan fingerprint density at radius 2 is 2.23 bits per heavy atom. The van der Waals surface area contributed by atoms with E-state index in [2.05, 4.69) is 5.32 Å². The molecule has 1 N–H and O–H groups in total. The Hall–Kier alpha value is -1.39. The lowest BCUT2D eigenvalue weighted by molar-refractivity contribution is 0.0923. The highest BCUT2D eigenvalue weighted by Gasteiger charge is 2.36. The van der Waals surface area contributed by atoms with Crippen molar-refractivity contribution < 1.29 is 26.0 Å². The first-order chi connectivity index (χ1) is 10.2. The van der Waals surface area contributed by atoms with Crippen molar-refractivity contribution in [1.29, 1.82) is 0 Å². The number of carbonyl (C=O) groups is 1. The van der Waals surface area contributed by atoms with E-state index in [1.54, 1.807) is 6.07 Å². The van der Waals surface area contributed by atoms with Crippen molar-refractivity contribution in [3.8, 4) is 0 Å². The molecule has 0 aromatic carbocycles. The van der Waals surface area contributed by atoms with Crippen molar-refractivity contribution in [3.05, 3.63) is 24.2 Å². The monoisotopic (exact) mass is 350 g/mol. The van der Waals surface area contributed by atoms with Crippen LogP contribution in [0.4, 0.5) is 0 Å². The molecule has 0 aliphatic carbocycles. The third kappa shape index (κ3) is 4.31. The molecule has 1 aromatic rings. The predicted molar refractivity (Wildman–Crippen MR) is 79.6 cm³/mol. The number of hydrogen-bond acceptors (Lipinski definition) is 6. The second-order valence-electron chi connectivity index (χ2n) is 5.16. The van der Waals surface area contributed by atoms with Gasteiger partial charge in [0.1, 0.15) is 0 Å². The molecular weight excluding hydrogens is 332 g/mol. The Kier molecular flexibility index (Phi) is 4.93. The maximum absolute atomic E-state index is 11.8. The van der Waals surface area contributed by atoms with Crippen LogP contribution in [0.3, 0.4) is 0 Å². The third-order valence-corrected chi connectivity index (χ3v) is 6.49. The maximum Gasteiger partial charge on any atom is 0.287 e. The van der Waals surface area contributed by atoms with Crippen molar-refractivity contribution in [2.45, 2.75) is 12.5 Å². The Labute approximate surface area is 129 Å². The summed E-state index contributed by atoms with van der Waals surface area (Å²) in [7, 11) is -6.74. The SMILES string of the molecule is CS(=O)(=O)N(CCNC(=O)c1ccco1)C1CCS(=O)(=O)C1. The lowest BCUT2D eigenvalue weighted by Crippen LogP contribution is -2.44. The van der Waals surface area contributed by atoms with Crippen molar-refractivity contribution in [2.24, 2.45) is 0 Å². The van der Waals surface area contributed by atoms with E-state index in [0.29, 0.717) is 0 Å². The van der Waals surface area contributed by atoms with E-state index in [-0.39, 0.29) is 36.8 Å². The highest BCUT2D eigenvalue weighted by Crippen LogP contribution is 2.19. The molecule has 0 spiro atoms. The molecule has 1 atom stereocenters. The second kappa shape index (κ2) is 6.39. The fraction of sp³-hybridized carbons (Fsp3) is 0.583. The largest absolute Gasteiger partial charge is 0.459 e.